The first-order valence-corrected chi connectivity index (χ1v) is 3.99. The van der Waals surface area contributed by atoms with E-state index in [1.54, 1.807) is 0 Å². The Bertz CT molecular complexity index is 147. The van der Waals surface area contributed by atoms with Gasteiger partial charge in [0, 0.05) is 11.9 Å². The van der Waals surface area contributed by atoms with Crippen molar-refractivity contribution in [1.82, 2.24) is 0 Å². The largest absolute Gasteiger partial charge is 0.550 e. The summed E-state index contributed by atoms with van der Waals surface area (Å²) >= 11 is 2.71. The minimum absolute atomic E-state index is 0.0347. The number of rotatable bonds is 1. The van der Waals surface area contributed by atoms with E-state index in [4.69, 9.17) is 24.9 Å². The quantitative estimate of drug-likeness (QED) is 0.541. The third-order valence-corrected chi connectivity index (χ3v) is 0.594. The van der Waals surface area contributed by atoms with Gasteiger partial charge >= 0.3 is 5.97 Å². The number of hydrogen-bond donors (Lipinski definition) is 1. The lowest BCUT2D eigenvalue weighted by Gasteiger charge is -1.77. The highest BCUT2D eigenvalue weighted by atomic mass is 79.9. The minimum Gasteiger partial charge on any atom is -0.550 e. The molecule has 1 N–H and O–H groups in total. The van der Waals surface area contributed by atoms with Crippen molar-refractivity contribution in [3.63, 3.8) is 0 Å². The van der Waals surface area contributed by atoms with E-state index in [1.807, 2.05) is 0 Å². The van der Waals surface area contributed by atoms with Gasteiger partial charge in [-0.2, -0.15) is 0 Å². The lowest BCUT2D eigenvalue weighted by molar-refractivity contribution is -0.303. The van der Waals surface area contributed by atoms with Crippen LogP contribution in [0.15, 0.2) is 0 Å². The zero-order valence-corrected chi connectivity index (χ0v) is 8.66. The number of alkyl halides is 1. The molecular formula is C6H9BrO6-2. The molecule has 0 aliphatic heterocycles. The van der Waals surface area contributed by atoms with E-state index in [-0.39, 0.29) is 5.33 Å². The first kappa shape index (κ1) is 17.8. The molecule has 0 aromatic heterocycles. The van der Waals surface area contributed by atoms with E-state index >= 15 is 0 Å². The number of carbonyl (C=O) groups excluding carboxylic acids is 2. The van der Waals surface area contributed by atoms with Crippen LogP contribution in [0.5, 0.6) is 0 Å². The summed E-state index contributed by atoms with van der Waals surface area (Å²) in [6.45, 7) is 1.94. The van der Waals surface area contributed by atoms with Crippen LogP contribution in [0.4, 0.5) is 0 Å². The fraction of sp³-hybridized carbons (Fsp3) is 0.500. The molecule has 7 heteroatoms. The normalized spacial score (nSPS) is 6.69. The second-order valence-electron chi connectivity index (χ2n) is 1.51. The van der Waals surface area contributed by atoms with Crippen molar-refractivity contribution in [1.29, 1.82) is 0 Å². The van der Waals surface area contributed by atoms with Gasteiger partial charge in [-0.3, -0.25) is 4.79 Å². The Morgan fingerprint density at radius 1 is 1.15 bits per heavy atom. The first-order valence-electron chi connectivity index (χ1n) is 2.87. The maximum absolute atomic E-state index is 9.32. The fourth-order valence-corrected chi connectivity index (χ4v) is 0. The van der Waals surface area contributed by atoms with E-state index in [0.29, 0.717) is 0 Å². The highest BCUT2D eigenvalue weighted by Crippen LogP contribution is 1.73. The molecule has 0 unspecified atom stereocenters. The van der Waals surface area contributed by atoms with Crippen LogP contribution in [-0.2, 0) is 14.4 Å². The summed E-state index contributed by atoms with van der Waals surface area (Å²) in [7, 11) is 0. The van der Waals surface area contributed by atoms with E-state index in [1.165, 1.54) is 0 Å². The zero-order valence-electron chi connectivity index (χ0n) is 7.07. The first-order chi connectivity index (χ1) is 5.73. The monoisotopic (exact) mass is 256 g/mol. The molecule has 6 nitrogen and oxygen atoms in total. The van der Waals surface area contributed by atoms with Gasteiger partial charge in [-0.05, 0) is 13.8 Å². The van der Waals surface area contributed by atoms with Crippen molar-refractivity contribution in [2.45, 2.75) is 13.8 Å². The lowest BCUT2D eigenvalue weighted by atomic mass is 10.8. The predicted molar refractivity (Wildman–Crippen MR) is 42.8 cm³/mol. The van der Waals surface area contributed by atoms with E-state index < -0.39 is 17.9 Å². The molecule has 0 fully saturated rings. The number of carbonyl (C=O) groups is 3. The number of aliphatic carboxylic acids is 3. The van der Waals surface area contributed by atoms with Crippen molar-refractivity contribution in [3.05, 3.63) is 0 Å². The van der Waals surface area contributed by atoms with Crippen molar-refractivity contribution in [2.24, 2.45) is 0 Å². The molecule has 0 aliphatic rings. The zero-order chi connectivity index (χ0) is 11.4. The van der Waals surface area contributed by atoms with Crippen molar-refractivity contribution >= 4 is 33.8 Å². The Balaban J connectivity index is -0.000000117. The average Bonchev–Trinajstić information content (AvgIpc) is 1.84. The molecule has 13 heavy (non-hydrogen) atoms. The predicted octanol–water partition coefficient (Wildman–Crippen LogP) is -2.02. The van der Waals surface area contributed by atoms with Gasteiger partial charge in [0.1, 0.15) is 5.33 Å². The molecule has 0 aromatic carbocycles. The van der Waals surface area contributed by atoms with E-state index in [2.05, 4.69) is 15.9 Å². The summed E-state index contributed by atoms with van der Waals surface area (Å²) in [6, 6.07) is 0. The highest BCUT2D eigenvalue weighted by Gasteiger charge is 1.83. The maximum atomic E-state index is 9.32. The molecular weight excluding hydrogens is 248 g/mol. The minimum atomic E-state index is -1.08. The van der Waals surface area contributed by atoms with Crippen LogP contribution < -0.4 is 10.2 Å². The summed E-state index contributed by atoms with van der Waals surface area (Å²) in [6.07, 6.45) is 0. The average molecular weight is 257 g/mol. The Hall–Kier alpha value is -1.11. The molecule has 0 radical (unpaired) electrons. The van der Waals surface area contributed by atoms with Crippen LogP contribution >= 0.6 is 15.9 Å². The van der Waals surface area contributed by atoms with Crippen LogP contribution in [0.2, 0.25) is 0 Å². The second-order valence-corrected chi connectivity index (χ2v) is 2.07. The Kier molecular flexibility index (Phi) is 18.5. The van der Waals surface area contributed by atoms with Gasteiger partial charge in [0.15, 0.2) is 0 Å². The Labute approximate surface area is 83.3 Å². The summed E-state index contributed by atoms with van der Waals surface area (Å²) in [5.41, 5.74) is 0. The lowest BCUT2D eigenvalue weighted by Crippen LogP contribution is -2.16. The smallest absolute Gasteiger partial charge is 0.314 e. The Morgan fingerprint density at radius 3 is 1.23 bits per heavy atom. The molecule has 78 valence electrons. The number of halogens is 1. The summed E-state index contributed by atoms with van der Waals surface area (Å²) in [5.74, 6) is -3.00. The third-order valence-electron chi connectivity index (χ3n) is 0.114. The van der Waals surface area contributed by atoms with Gasteiger partial charge < -0.3 is 24.9 Å². The highest BCUT2D eigenvalue weighted by molar-refractivity contribution is 9.09. The number of carboxylic acids is 3. The molecule has 0 atom stereocenters. The van der Waals surface area contributed by atoms with Crippen LogP contribution in [0.1, 0.15) is 13.8 Å². The maximum Gasteiger partial charge on any atom is 0.314 e. The standard InChI is InChI=1S/C2H3BrO2.2C2H4O2/c3-1-2(4)5;2*1-2(3)4/h1H2,(H,4,5);2*1H3,(H,3,4)/p-2. The van der Waals surface area contributed by atoms with Crippen LogP contribution in [0.25, 0.3) is 0 Å². The molecule has 0 aromatic rings. The van der Waals surface area contributed by atoms with Crippen molar-refractivity contribution in [2.75, 3.05) is 5.33 Å². The molecule has 0 spiro atoms. The molecule has 0 aliphatic carbocycles. The van der Waals surface area contributed by atoms with Gasteiger partial charge in [-0.1, -0.05) is 15.9 Å². The molecule has 0 heterocycles. The summed E-state index contributed by atoms with van der Waals surface area (Å²) in [5, 5.41) is 25.5. The number of hydrogen-bond acceptors (Lipinski definition) is 5. The molecule has 0 rings (SSSR count). The Morgan fingerprint density at radius 2 is 1.23 bits per heavy atom. The molecule has 0 saturated carbocycles. The fourth-order valence-electron chi connectivity index (χ4n) is 0. The van der Waals surface area contributed by atoms with Gasteiger partial charge in [0.25, 0.3) is 0 Å². The van der Waals surface area contributed by atoms with Crippen LogP contribution in [0.3, 0.4) is 0 Å². The van der Waals surface area contributed by atoms with E-state index in [0.717, 1.165) is 13.8 Å². The van der Waals surface area contributed by atoms with Gasteiger partial charge in [0.05, 0.1) is 0 Å². The summed E-state index contributed by atoms with van der Waals surface area (Å²) in [4.78, 5) is 27.1. The SMILES string of the molecule is CC(=O)[O-].CC(=O)[O-].O=C(O)CBr. The summed E-state index contributed by atoms with van der Waals surface area (Å²) < 4.78 is 0. The van der Waals surface area contributed by atoms with Crippen molar-refractivity contribution < 1.29 is 29.7 Å². The molecule has 0 saturated heterocycles. The topological polar surface area (TPSA) is 118 Å². The third kappa shape index (κ3) is 1090. The van der Waals surface area contributed by atoms with Gasteiger partial charge in [-0.15, -0.1) is 0 Å². The molecule has 0 amide bonds. The van der Waals surface area contributed by atoms with E-state index in [9.17, 15) is 4.79 Å². The second kappa shape index (κ2) is 13.5. The molecule has 0 bridgehead atoms. The van der Waals surface area contributed by atoms with Crippen LogP contribution in [0, 0.1) is 0 Å². The van der Waals surface area contributed by atoms with Crippen LogP contribution in [-0.4, -0.2) is 28.3 Å². The van der Waals surface area contributed by atoms with Crippen molar-refractivity contribution in [3.8, 4) is 0 Å². The van der Waals surface area contributed by atoms with Gasteiger partial charge in [-0.25, -0.2) is 0 Å². The number of carboxylic acid groups (broad SMARTS) is 3. The van der Waals surface area contributed by atoms with Gasteiger partial charge in [0.2, 0.25) is 0 Å².